The average Bonchev–Trinajstić information content (AvgIpc) is 2.90. The van der Waals surface area contributed by atoms with Gasteiger partial charge in [0.1, 0.15) is 5.60 Å². The van der Waals surface area contributed by atoms with Crippen molar-refractivity contribution in [2.24, 2.45) is 5.10 Å². The van der Waals surface area contributed by atoms with Crippen LogP contribution in [0.25, 0.3) is 11.4 Å². The molecule has 1 aromatic carbocycles. The minimum atomic E-state index is -0.602. The van der Waals surface area contributed by atoms with Gasteiger partial charge in [-0.25, -0.2) is 15.3 Å². The van der Waals surface area contributed by atoms with E-state index in [1.807, 2.05) is 24.3 Å². The van der Waals surface area contributed by atoms with Crippen LogP contribution in [0.5, 0.6) is 0 Å². The second kappa shape index (κ2) is 6.12. The van der Waals surface area contributed by atoms with Gasteiger partial charge in [-0.1, -0.05) is 18.2 Å². The highest BCUT2D eigenvalue weighted by Gasteiger charge is 2.15. The maximum absolute atomic E-state index is 11.4. The molecule has 0 spiro atoms. The first-order valence-electron chi connectivity index (χ1n) is 6.30. The summed E-state index contributed by atoms with van der Waals surface area (Å²) in [5.41, 5.74) is 3.36. The van der Waals surface area contributed by atoms with Gasteiger partial charge in [0.15, 0.2) is 5.82 Å². The monoisotopic (exact) mass is 288 g/mol. The van der Waals surface area contributed by atoms with Crippen LogP contribution < -0.4 is 5.43 Å². The fourth-order valence-electron chi connectivity index (χ4n) is 1.51. The summed E-state index contributed by atoms with van der Waals surface area (Å²) in [4.78, 5) is 11.4. The molecule has 0 saturated heterocycles. The van der Waals surface area contributed by atoms with E-state index in [1.54, 1.807) is 20.8 Å². The zero-order valence-electron chi connectivity index (χ0n) is 12.0. The summed E-state index contributed by atoms with van der Waals surface area (Å²) in [6.07, 6.45) is 0.909. The van der Waals surface area contributed by atoms with E-state index in [0.29, 0.717) is 5.82 Å². The van der Waals surface area contributed by atoms with Gasteiger partial charge in [-0.05, 0) is 42.8 Å². The minimum Gasteiger partial charge on any atom is -0.443 e. The number of tetrazole rings is 1. The Hall–Kier alpha value is -2.77. The highest BCUT2D eigenvalue weighted by molar-refractivity contribution is 5.82. The molecule has 110 valence electrons. The van der Waals surface area contributed by atoms with Gasteiger partial charge in [-0.2, -0.15) is 5.10 Å². The zero-order valence-corrected chi connectivity index (χ0v) is 12.0. The number of aromatic nitrogens is 4. The van der Waals surface area contributed by atoms with Crippen LogP contribution in [0.15, 0.2) is 29.4 Å². The maximum Gasteiger partial charge on any atom is 0.428 e. The second-order valence-electron chi connectivity index (χ2n) is 5.25. The molecule has 8 heteroatoms. The SMILES string of the molecule is CC(C)(C)OC(=O)N/N=C\c1cccc(-c2nnn[nH]2)c1. The molecule has 2 N–H and O–H groups in total. The highest BCUT2D eigenvalue weighted by Crippen LogP contribution is 2.13. The number of hydrogen-bond acceptors (Lipinski definition) is 6. The molecular weight excluding hydrogens is 272 g/mol. The molecular formula is C13H16N6O2. The third-order valence-electron chi connectivity index (χ3n) is 2.27. The molecule has 1 amide bonds. The summed E-state index contributed by atoms with van der Waals surface area (Å²) in [6.45, 7) is 5.35. The Morgan fingerprint density at radius 3 is 2.90 bits per heavy atom. The summed E-state index contributed by atoms with van der Waals surface area (Å²) < 4.78 is 5.06. The number of ether oxygens (including phenoxy) is 1. The molecule has 0 bridgehead atoms. The Morgan fingerprint density at radius 1 is 1.43 bits per heavy atom. The van der Waals surface area contributed by atoms with Gasteiger partial charge in [0, 0.05) is 5.56 Å². The maximum atomic E-state index is 11.4. The normalized spacial score (nSPS) is 11.6. The zero-order chi connectivity index (χ0) is 15.3. The van der Waals surface area contributed by atoms with Crippen LogP contribution in [0.3, 0.4) is 0 Å². The van der Waals surface area contributed by atoms with Crippen LogP contribution in [0, 0.1) is 0 Å². The van der Waals surface area contributed by atoms with Crippen molar-refractivity contribution in [2.75, 3.05) is 0 Å². The molecule has 1 aromatic heterocycles. The van der Waals surface area contributed by atoms with Crippen LogP contribution in [0.1, 0.15) is 26.3 Å². The number of H-pyrrole nitrogens is 1. The molecule has 0 aliphatic heterocycles. The fourth-order valence-corrected chi connectivity index (χ4v) is 1.51. The van der Waals surface area contributed by atoms with Crippen molar-refractivity contribution in [3.63, 3.8) is 0 Å². The largest absolute Gasteiger partial charge is 0.443 e. The molecule has 0 atom stereocenters. The summed E-state index contributed by atoms with van der Waals surface area (Å²) in [5, 5.41) is 17.4. The lowest BCUT2D eigenvalue weighted by Crippen LogP contribution is -2.29. The number of aromatic amines is 1. The quantitative estimate of drug-likeness (QED) is 0.661. The lowest BCUT2D eigenvalue weighted by atomic mass is 10.1. The van der Waals surface area contributed by atoms with E-state index in [0.717, 1.165) is 11.1 Å². The van der Waals surface area contributed by atoms with Crippen LogP contribution in [0.4, 0.5) is 4.79 Å². The first-order chi connectivity index (χ1) is 9.94. The second-order valence-corrected chi connectivity index (χ2v) is 5.25. The Bertz CT molecular complexity index is 630. The number of rotatable bonds is 3. The summed E-state index contributed by atoms with van der Waals surface area (Å²) in [6, 6.07) is 7.38. The fraction of sp³-hybridized carbons (Fsp3) is 0.308. The molecule has 2 aromatic rings. The first kappa shape index (κ1) is 14.6. The number of benzene rings is 1. The number of hydrazone groups is 1. The number of nitrogens with one attached hydrogen (secondary N) is 2. The molecule has 0 unspecified atom stereocenters. The van der Waals surface area contributed by atoms with Gasteiger partial charge in [0.05, 0.1) is 6.21 Å². The Balaban J connectivity index is 1.99. The smallest absolute Gasteiger partial charge is 0.428 e. The summed E-state index contributed by atoms with van der Waals surface area (Å²) in [7, 11) is 0. The van der Waals surface area contributed by atoms with Gasteiger partial charge in [-0.3, -0.25) is 0 Å². The third kappa shape index (κ3) is 4.68. The van der Waals surface area contributed by atoms with Gasteiger partial charge < -0.3 is 4.74 Å². The molecule has 1 heterocycles. The van der Waals surface area contributed by atoms with Crippen molar-refractivity contribution in [1.82, 2.24) is 26.0 Å². The molecule has 0 aliphatic rings. The van der Waals surface area contributed by atoms with Crippen LogP contribution in [-0.2, 0) is 4.74 Å². The van der Waals surface area contributed by atoms with Crippen molar-refractivity contribution < 1.29 is 9.53 Å². The number of nitrogens with zero attached hydrogens (tertiary/aromatic N) is 4. The molecule has 2 rings (SSSR count). The predicted octanol–water partition coefficient (Wildman–Crippen LogP) is 1.73. The number of amides is 1. The minimum absolute atomic E-state index is 0.557. The van der Waals surface area contributed by atoms with Crippen LogP contribution >= 0.6 is 0 Å². The Labute approximate surface area is 121 Å². The van der Waals surface area contributed by atoms with Crippen LogP contribution in [0.2, 0.25) is 0 Å². The van der Waals surface area contributed by atoms with E-state index in [4.69, 9.17) is 4.74 Å². The van der Waals surface area contributed by atoms with E-state index < -0.39 is 11.7 Å². The van der Waals surface area contributed by atoms with Crippen molar-refractivity contribution >= 4 is 12.3 Å². The van der Waals surface area contributed by atoms with Crippen molar-refractivity contribution in [1.29, 1.82) is 0 Å². The summed E-state index contributed by atoms with van der Waals surface area (Å²) in [5.74, 6) is 0.561. The van der Waals surface area contributed by atoms with E-state index in [-0.39, 0.29) is 0 Å². The first-order valence-corrected chi connectivity index (χ1v) is 6.30. The van der Waals surface area contributed by atoms with E-state index in [9.17, 15) is 4.79 Å². The lowest BCUT2D eigenvalue weighted by Gasteiger charge is -2.18. The molecule has 0 fully saturated rings. The average molecular weight is 288 g/mol. The van der Waals surface area contributed by atoms with Crippen molar-refractivity contribution in [2.45, 2.75) is 26.4 Å². The number of carbonyl (C=O) groups excluding carboxylic acids is 1. The Kier molecular flexibility index (Phi) is 4.27. The van der Waals surface area contributed by atoms with Crippen molar-refractivity contribution in [3.8, 4) is 11.4 Å². The molecule has 0 saturated carbocycles. The molecule has 0 aliphatic carbocycles. The molecule has 8 nitrogen and oxygen atoms in total. The standard InChI is InChI=1S/C13H16N6O2/c1-13(2,3)21-12(20)17-14-8-9-5-4-6-10(7-9)11-15-18-19-16-11/h4-8H,1-3H3,(H,17,20)(H,15,16,18,19)/b14-8-. The lowest BCUT2D eigenvalue weighted by molar-refractivity contribution is 0.0529. The number of hydrogen-bond donors (Lipinski definition) is 2. The van der Waals surface area contributed by atoms with Gasteiger partial charge in [0.2, 0.25) is 0 Å². The number of carbonyl (C=O) groups is 1. The Morgan fingerprint density at radius 2 is 2.24 bits per heavy atom. The van der Waals surface area contributed by atoms with Gasteiger partial charge in [-0.15, -0.1) is 5.10 Å². The van der Waals surface area contributed by atoms with E-state index in [2.05, 4.69) is 31.2 Å². The van der Waals surface area contributed by atoms with Crippen LogP contribution in [-0.4, -0.2) is 38.5 Å². The van der Waals surface area contributed by atoms with E-state index in [1.165, 1.54) is 6.21 Å². The van der Waals surface area contributed by atoms with Gasteiger partial charge in [0.25, 0.3) is 0 Å². The highest BCUT2D eigenvalue weighted by atomic mass is 16.6. The van der Waals surface area contributed by atoms with Crippen molar-refractivity contribution in [3.05, 3.63) is 29.8 Å². The predicted molar refractivity (Wildman–Crippen MR) is 76.6 cm³/mol. The summed E-state index contributed by atoms with van der Waals surface area (Å²) >= 11 is 0. The third-order valence-corrected chi connectivity index (χ3v) is 2.27. The molecule has 0 radical (unpaired) electrons. The molecule has 21 heavy (non-hydrogen) atoms. The topological polar surface area (TPSA) is 105 Å². The van der Waals surface area contributed by atoms with Gasteiger partial charge >= 0.3 is 6.09 Å². The van der Waals surface area contributed by atoms with E-state index >= 15 is 0 Å².